The van der Waals surface area contributed by atoms with Crippen molar-refractivity contribution in [3.05, 3.63) is 75.8 Å². The molecule has 0 saturated heterocycles. The number of rotatable bonds is 12. The number of hydrogen-bond donors (Lipinski definition) is 3. The maximum atomic E-state index is 13.4. The summed E-state index contributed by atoms with van der Waals surface area (Å²) in [5, 5.41) is 25.5. The maximum Gasteiger partial charge on any atom is 0.224 e. The number of nitrogens with one attached hydrogen (secondary N) is 1. The highest BCUT2D eigenvalue weighted by atomic mass is 35.5. The van der Waals surface area contributed by atoms with E-state index in [0.29, 0.717) is 34.3 Å². The Balaban J connectivity index is 1.38. The van der Waals surface area contributed by atoms with Crippen LogP contribution in [0, 0.1) is 5.82 Å². The molecule has 3 N–H and O–H groups in total. The van der Waals surface area contributed by atoms with Gasteiger partial charge >= 0.3 is 0 Å². The van der Waals surface area contributed by atoms with E-state index in [2.05, 4.69) is 15.3 Å². The number of aliphatic hydroxyl groups is 2. The summed E-state index contributed by atoms with van der Waals surface area (Å²) < 4.78 is 25.0. The van der Waals surface area contributed by atoms with E-state index in [1.807, 2.05) is 12.2 Å². The fraction of sp³-hybridized carbons (Fsp3) is 0.345. The number of nitrogens with zero attached hydrogens (tertiary/aromatic N) is 3. The first-order valence-electron chi connectivity index (χ1n) is 12.8. The minimum Gasteiger partial charge on any atom is -0.487 e. The van der Waals surface area contributed by atoms with E-state index in [4.69, 9.17) is 21.1 Å². The Morgan fingerprint density at radius 2 is 2.02 bits per heavy atom. The molecule has 0 fully saturated rings. The molecule has 9 nitrogen and oxygen atoms in total. The number of benzene rings is 2. The van der Waals surface area contributed by atoms with Gasteiger partial charge in [-0.3, -0.25) is 4.79 Å². The summed E-state index contributed by atoms with van der Waals surface area (Å²) >= 11 is 6.44. The van der Waals surface area contributed by atoms with Crippen LogP contribution in [0.25, 0.3) is 12.2 Å². The summed E-state index contributed by atoms with van der Waals surface area (Å²) in [6.07, 6.45) is 3.60. The Morgan fingerprint density at radius 3 is 2.77 bits per heavy atom. The quantitative estimate of drug-likeness (QED) is 0.304. The molecule has 0 saturated carbocycles. The predicted molar refractivity (Wildman–Crippen MR) is 150 cm³/mol. The van der Waals surface area contributed by atoms with Crippen LogP contribution >= 0.6 is 11.6 Å². The van der Waals surface area contributed by atoms with Gasteiger partial charge in [-0.05, 0) is 48.4 Å². The number of halogens is 2. The molecule has 0 aliphatic heterocycles. The van der Waals surface area contributed by atoms with Gasteiger partial charge < -0.3 is 29.9 Å². The minimum absolute atomic E-state index is 0.000695. The lowest BCUT2D eigenvalue weighted by atomic mass is 10.1. The van der Waals surface area contributed by atoms with Crippen molar-refractivity contribution in [2.24, 2.45) is 0 Å². The van der Waals surface area contributed by atoms with Crippen LogP contribution in [0.5, 0.6) is 5.75 Å². The third kappa shape index (κ3) is 8.22. The van der Waals surface area contributed by atoms with Crippen molar-refractivity contribution in [2.75, 3.05) is 26.0 Å². The molecule has 0 radical (unpaired) electrons. The van der Waals surface area contributed by atoms with Crippen molar-refractivity contribution < 1.29 is 28.9 Å². The second-order valence-electron chi connectivity index (χ2n) is 9.72. The zero-order valence-corrected chi connectivity index (χ0v) is 23.0. The van der Waals surface area contributed by atoms with Crippen LogP contribution in [0.3, 0.4) is 0 Å². The number of fused-ring (bicyclic) bond motifs is 1. The second kappa shape index (κ2) is 13.7. The molecule has 1 aliphatic carbocycles. The molecule has 1 aromatic heterocycles. The number of carbonyl (C=O) groups is 1. The molecule has 40 heavy (non-hydrogen) atoms. The van der Waals surface area contributed by atoms with Crippen molar-refractivity contribution in [3.63, 3.8) is 0 Å². The van der Waals surface area contributed by atoms with Crippen molar-refractivity contribution in [3.8, 4) is 5.75 Å². The first-order chi connectivity index (χ1) is 19.2. The molecule has 1 aliphatic rings. The van der Waals surface area contributed by atoms with Gasteiger partial charge in [0.1, 0.15) is 30.3 Å². The zero-order chi connectivity index (χ0) is 28.6. The van der Waals surface area contributed by atoms with Crippen molar-refractivity contribution >= 4 is 41.2 Å². The predicted octanol–water partition coefficient (Wildman–Crippen LogP) is 2.53. The largest absolute Gasteiger partial charge is 0.487 e. The molecule has 1 amide bonds. The molecular formula is C29H32ClFN4O5. The van der Waals surface area contributed by atoms with Gasteiger partial charge in [0, 0.05) is 31.4 Å². The van der Waals surface area contributed by atoms with Crippen LogP contribution in [0.2, 0.25) is 5.02 Å². The number of carbonyl (C=O) groups excluding carboxylic acids is 1. The summed E-state index contributed by atoms with van der Waals surface area (Å²) in [5.41, 5.74) is 1.37. The van der Waals surface area contributed by atoms with Crippen LogP contribution < -0.4 is 20.6 Å². The monoisotopic (exact) mass is 570 g/mol. The lowest BCUT2D eigenvalue weighted by Crippen LogP contribution is -2.37. The molecule has 2 aromatic carbocycles. The van der Waals surface area contributed by atoms with Gasteiger partial charge in [0.05, 0.1) is 41.7 Å². The molecule has 0 spiro atoms. The number of hydrogen-bond acceptors (Lipinski definition) is 8. The van der Waals surface area contributed by atoms with E-state index in [0.717, 1.165) is 10.6 Å². The maximum absolute atomic E-state index is 13.4. The molecule has 212 valence electrons. The average Bonchev–Trinajstić information content (AvgIpc) is 2.91. The summed E-state index contributed by atoms with van der Waals surface area (Å²) in [5.74, 6) is 0.478. The molecule has 0 bridgehead atoms. The molecule has 3 aromatic rings. The Bertz CT molecular complexity index is 1450. The Labute approximate surface area is 236 Å². The van der Waals surface area contributed by atoms with Crippen molar-refractivity contribution in [1.29, 1.82) is 0 Å². The van der Waals surface area contributed by atoms with Gasteiger partial charge in [-0.2, -0.15) is 0 Å². The lowest BCUT2D eigenvalue weighted by Gasteiger charge is -2.20. The molecule has 3 unspecified atom stereocenters. The first kappa shape index (κ1) is 29.4. The molecule has 3 atom stereocenters. The van der Waals surface area contributed by atoms with E-state index < -0.39 is 12.2 Å². The van der Waals surface area contributed by atoms with Crippen LogP contribution in [0.4, 0.5) is 15.9 Å². The van der Waals surface area contributed by atoms with E-state index in [1.54, 1.807) is 44.4 Å². The Morgan fingerprint density at radius 1 is 1.20 bits per heavy atom. The van der Waals surface area contributed by atoms with Crippen LogP contribution in [0.1, 0.15) is 24.8 Å². The fourth-order valence-corrected chi connectivity index (χ4v) is 4.37. The van der Waals surface area contributed by atoms with E-state index >= 15 is 0 Å². The summed E-state index contributed by atoms with van der Waals surface area (Å²) in [6, 6.07) is 11.4. The smallest absolute Gasteiger partial charge is 0.224 e. The van der Waals surface area contributed by atoms with Gasteiger partial charge in [-0.1, -0.05) is 29.8 Å². The average molecular weight is 571 g/mol. The second-order valence-corrected chi connectivity index (χ2v) is 10.1. The molecule has 1 heterocycles. The van der Waals surface area contributed by atoms with Gasteiger partial charge in [0.25, 0.3) is 0 Å². The summed E-state index contributed by atoms with van der Waals surface area (Å²) in [7, 11) is 3.23. The first-order valence-corrected chi connectivity index (χ1v) is 13.2. The Hall–Kier alpha value is -3.57. The highest BCUT2D eigenvalue weighted by Gasteiger charge is 2.19. The van der Waals surface area contributed by atoms with Gasteiger partial charge in [-0.25, -0.2) is 14.4 Å². The van der Waals surface area contributed by atoms with Crippen LogP contribution in [-0.2, 0) is 16.1 Å². The topological polar surface area (TPSA) is 117 Å². The SMILES string of the molecule is CN(C)C(=O)CC(O)CC(O)COC1C=c2c(Nc3ccc(OCc4cccc(F)c4)c(Cl)c3)ncnc2=CC1. The van der Waals surface area contributed by atoms with Crippen molar-refractivity contribution in [1.82, 2.24) is 14.9 Å². The standard InChI is InChI=1S/C29H32ClFN4O5/c1-35(2)28(38)13-21(36)12-22(37)16-39-23-7-8-26-24(14-23)29(33-17-32-26)34-20-6-9-27(25(30)11-20)40-15-18-4-3-5-19(31)10-18/h3-6,8-11,14,17,21-23,36-37H,7,12-13,15-16H2,1-2H3,(H,32,33,34). The van der Waals surface area contributed by atoms with Gasteiger partial charge in [0.15, 0.2) is 0 Å². The van der Waals surface area contributed by atoms with Gasteiger partial charge in [-0.15, -0.1) is 0 Å². The Kier molecular flexibility index (Phi) is 10.1. The lowest BCUT2D eigenvalue weighted by molar-refractivity contribution is -0.131. The zero-order valence-electron chi connectivity index (χ0n) is 22.3. The number of aliphatic hydroxyl groups excluding tert-OH is 2. The third-order valence-corrected chi connectivity index (χ3v) is 6.54. The third-order valence-electron chi connectivity index (χ3n) is 6.24. The van der Waals surface area contributed by atoms with Gasteiger partial charge in [0.2, 0.25) is 5.91 Å². The number of anilines is 2. The van der Waals surface area contributed by atoms with E-state index in [9.17, 15) is 19.4 Å². The summed E-state index contributed by atoms with van der Waals surface area (Å²) in [4.78, 5) is 21.9. The normalized spacial score (nSPS) is 15.7. The fourth-order valence-electron chi connectivity index (χ4n) is 4.14. The summed E-state index contributed by atoms with van der Waals surface area (Å²) in [6.45, 7) is 0.179. The number of ether oxygens (including phenoxy) is 2. The van der Waals surface area contributed by atoms with Crippen molar-refractivity contribution in [2.45, 2.75) is 44.2 Å². The molecule has 11 heteroatoms. The molecule has 4 rings (SSSR count). The number of aromatic nitrogens is 2. The minimum atomic E-state index is -0.953. The van der Waals surface area contributed by atoms with E-state index in [1.165, 1.54) is 23.4 Å². The van der Waals surface area contributed by atoms with E-state index in [-0.39, 0.29) is 43.9 Å². The van der Waals surface area contributed by atoms with Crippen LogP contribution in [0.15, 0.2) is 48.8 Å². The highest BCUT2D eigenvalue weighted by Crippen LogP contribution is 2.29. The highest BCUT2D eigenvalue weighted by molar-refractivity contribution is 6.32. The molecular weight excluding hydrogens is 539 g/mol. The number of amides is 1. The van der Waals surface area contributed by atoms with Crippen LogP contribution in [-0.4, -0.2) is 70.0 Å².